The van der Waals surface area contributed by atoms with Crippen molar-refractivity contribution in [1.29, 1.82) is 0 Å². The second-order valence-corrected chi connectivity index (χ2v) is 9.51. The zero-order valence-corrected chi connectivity index (χ0v) is 19.3. The lowest BCUT2D eigenvalue weighted by Crippen LogP contribution is -2.55. The molecule has 162 valence electrons. The summed E-state index contributed by atoms with van der Waals surface area (Å²) in [7, 11) is 0. The molecule has 1 amide bonds. The number of thiazole rings is 1. The molecule has 1 aliphatic heterocycles. The lowest BCUT2D eigenvalue weighted by molar-refractivity contribution is -0.147. The topological polar surface area (TPSA) is 45.7 Å². The second-order valence-electron chi connectivity index (χ2n) is 8.13. The van der Waals surface area contributed by atoms with E-state index in [2.05, 4.69) is 22.4 Å². The third-order valence-corrected chi connectivity index (χ3v) is 6.43. The Kier molecular flexibility index (Phi) is 6.60. The normalized spacial score (nSPS) is 15.1. The maximum Gasteiger partial charge on any atom is 0.266 e. The van der Waals surface area contributed by atoms with Crippen molar-refractivity contribution in [3.63, 3.8) is 0 Å². The standard InChI is InChI=1S/C24H26ClN3O2S/c1-24(2,30-20-10-8-19(25)9-11-20)23(29)28-14-12-27(13-15-28)16-22-26-21(17-31-22)18-6-4-3-5-7-18/h3-11,17H,12-16H2,1-2H3. The Morgan fingerprint density at radius 2 is 1.74 bits per heavy atom. The first-order chi connectivity index (χ1) is 14.9. The third-order valence-electron chi connectivity index (χ3n) is 5.34. The molecule has 0 N–H and O–H groups in total. The number of hydrogen-bond donors (Lipinski definition) is 0. The molecule has 0 radical (unpaired) electrons. The molecule has 31 heavy (non-hydrogen) atoms. The number of rotatable bonds is 6. The lowest BCUT2D eigenvalue weighted by atomic mass is 10.1. The van der Waals surface area contributed by atoms with E-state index in [1.807, 2.05) is 36.9 Å². The molecule has 4 rings (SSSR count). The predicted molar refractivity (Wildman–Crippen MR) is 126 cm³/mol. The average molecular weight is 456 g/mol. The van der Waals surface area contributed by atoms with Gasteiger partial charge in [0.1, 0.15) is 10.8 Å². The number of amides is 1. The average Bonchev–Trinajstić information content (AvgIpc) is 3.24. The molecule has 3 aromatic rings. The molecule has 0 saturated carbocycles. The van der Waals surface area contributed by atoms with Crippen molar-refractivity contribution >= 4 is 28.8 Å². The van der Waals surface area contributed by atoms with Gasteiger partial charge in [-0.2, -0.15) is 0 Å². The van der Waals surface area contributed by atoms with Gasteiger partial charge in [-0.05, 0) is 38.1 Å². The molecule has 1 aromatic heterocycles. The molecule has 0 atom stereocenters. The summed E-state index contributed by atoms with van der Waals surface area (Å²) >= 11 is 7.62. The van der Waals surface area contributed by atoms with Crippen LogP contribution in [0.5, 0.6) is 5.75 Å². The highest BCUT2D eigenvalue weighted by molar-refractivity contribution is 7.09. The van der Waals surface area contributed by atoms with Crippen LogP contribution in [-0.2, 0) is 11.3 Å². The summed E-state index contributed by atoms with van der Waals surface area (Å²) in [6, 6.07) is 17.3. The summed E-state index contributed by atoms with van der Waals surface area (Å²) in [5, 5.41) is 3.86. The molecule has 0 aliphatic carbocycles. The highest BCUT2D eigenvalue weighted by Gasteiger charge is 2.35. The van der Waals surface area contributed by atoms with E-state index in [0.29, 0.717) is 23.9 Å². The largest absolute Gasteiger partial charge is 0.478 e. The van der Waals surface area contributed by atoms with Gasteiger partial charge < -0.3 is 9.64 Å². The Balaban J connectivity index is 1.30. The van der Waals surface area contributed by atoms with Crippen molar-refractivity contribution in [3.8, 4) is 17.0 Å². The molecule has 1 fully saturated rings. The van der Waals surface area contributed by atoms with Crippen LogP contribution in [0.15, 0.2) is 60.0 Å². The number of benzene rings is 2. The van der Waals surface area contributed by atoms with Crippen LogP contribution in [0.1, 0.15) is 18.9 Å². The Bertz CT molecular complexity index is 1010. The quantitative estimate of drug-likeness (QED) is 0.526. The molecule has 5 nitrogen and oxygen atoms in total. The number of piperazine rings is 1. The van der Waals surface area contributed by atoms with Gasteiger partial charge in [-0.15, -0.1) is 11.3 Å². The molecular formula is C24H26ClN3O2S. The number of carbonyl (C=O) groups excluding carboxylic acids is 1. The van der Waals surface area contributed by atoms with Crippen LogP contribution in [0.25, 0.3) is 11.3 Å². The second kappa shape index (κ2) is 9.39. The monoisotopic (exact) mass is 455 g/mol. The first-order valence-electron chi connectivity index (χ1n) is 10.4. The molecular weight excluding hydrogens is 430 g/mol. The summed E-state index contributed by atoms with van der Waals surface area (Å²) in [5.41, 5.74) is 1.23. The van der Waals surface area contributed by atoms with E-state index in [9.17, 15) is 4.79 Å². The lowest BCUT2D eigenvalue weighted by Gasteiger charge is -2.38. The molecule has 0 spiro atoms. The number of nitrogens with zero attached hydrogens (tertiary/aromatic N) is 3. The number of ether oxygens (including phenoxy) is 1. The smallest absolute Gasteiger partial charge is 0.266 e. The predicted octanol–water partition coefficient (Wildman–Crippen LogP) is 4.97. The highest BCUT2D eigenvalue weighted by atomic mass is 35.5. The van der Waals surface area contributed by atoms with Gasteiger partial charge in [0.2, 0.25) is 0 Å². The molecule has 2 aromatic carbocycles. The highest BCUT2D eigenvalue weighted by Crippen LogP contribution is 2.25. The Morgan fingerprint density at radius 3 is 2.42 bits per heavy atom. The molecule has 7 heteroatoms. The summed E-state index contributed by atoms with van der Waals surface area (Å²) in [6.07, 6.45) is 0. The van der Waals surface area contributed by atoms with Gasteiger partial charge in [-0.1, -0.05) is 41.9 Å². The minimum Gasteiger partial charge on any atom is -0.478 e. The fourth-order valence-electron chi connectivity index (χ4n) is 3.65. The summed E-state index contributed by atoms with van der Waals surface area (Å²) in [4.78, 5) is 22.1. The van der Waals surface area contributed by atoms with Crippen molar-refractivity contribution in [2.24, 2.45) is 0 Å². The Labute approximate surface area is 192 Å². The van der Waals surface area contributed by atoms with Crippen LogP contribution in [-0.4, -0.2) is 52.5 Å². The van der Waals surface area contributed by atoms with Gasteiger partial charge in [0, 0.05) is 42.1 Å². The van der Waals surface area contributed by atoms with Crippen LogP contribution in [0.2, 0.25) is 5.02 Å². The molecule has 2 heterocycles. The fraction of sp³-hybridized carbons (Fsp3) is 0.333. The minimum absolute atomic E-state index is 0.00251. The van der Waals surface area contributed by atoms with Crippen LogP contribution in [0.4, 0.5) is 0 Å². The first-order valence-corrected chi connectivity index (χ1v) is 11.6. The number of hydrogen-bond acceptors (Lipinski definition) is 5. The minimum atomic E-state index is -0.935. The summed E-state index contributed by atoms with van der Waals surface area (Å²) in [5.74, 6) is 0.641. The number of carbonyl (C=O) groups is 1. The van der Waals surface area contributed by atoms with Crippen LogP contribution < -0.4 is 4.74 Å². The van der Waals surface area contributed by atoms with E-state index < -0.39 is 5.60 Å². The van der Waals surface area contributed by atoms with Gasteiger partial charge in [-0.25, -0.2) is 4.98 Å². The summed E-state index contributed by atoms with van der Waals surface area (Å²) < 4.78 is 5.97. The molecule has 0 bridgehead atoms. The van der Waals surface area contributed by atoms with Gasteiger partial charge >= 0.3 is 0 Å². The van der Waals surface area contributed by atoms with Gasteiger partial charge in [-0.3, -0.25) is 9.69 Å². The van der Waals surface area contributed by atoms with E-state index >= 15 is 0 Å². The van der Waals surface area contributed by atoms with Crippen LogP contribution >= 0.6 is 22.9 Å². The fourth-order valence-corrected chi connectivity index (χ4v) is 4.62. The van der Waals surface area contributed by atoms with Gasteiger partial charge in [0.05, 0.1) is 12.2 Å². The van der Waals surface area contributed by atoms with Crippen molar-refractivity contribution in [2.75, 3.05) is 26.2 Å². The van der Waals surface area contributed by atoms with E-state index in [0.717, 1.165) is 35.9 Å². The van der Waals surface area contributed by atoms with Crippen LogP contribution in [0, 0.1) is 0 Å². The van der Waals surface area contributed by atoms with Crippen molar-refractivity contribution < 1.29 is 9.53 Å². The van der Waals surface area contributed by atoms with Gasteiger partial charge in [0.15, 0.2) is 5.60 Å². The van der Waals surface area contributed by atoms with Crippen LogP contribution in [0.3, 0.4) is 0 Å². The third kappa shape index (κ3) is 5.45. The molecule has 1 saturated heterocycles. The van der Waals surface area contributed by atoms with Gasteiger partial charge in [0.25, 0.3) is 5.91 Å². The molecule has 0 unspecified atom stereocenters. The van der Waals surface area contributed by atoms with E-state index in [1.54, 1.807) is 35.6 Å². The zero-order valence-electron chi connectivity index (χ0n) is 17.8. The van der Waals surface area contributed by atoms with Crippen molar-refractivity contribution in [2.45, 2.75) is 26.0 Å². The SMILES string of the molecule is CC(C)(Oc1ccc(Cl)cc1)C(=O)N1CCN(Cc2nc(-c3ccccc3)cs2)CC1. The van der Waals surface area contributed by atoms with Crippen molar-refractivity contribution in [1.82, 2.24) is 14.8 Å². The number of halogens is 1. The maximum atomic E-state index is 13.1. The van der Waals surface area contributed by atoms with E-state index in [-0.39, 0.29) is 5.91 Å². The maximum absolute atomic E-state index is 13.1. The number of aromatic nitrogens is 1. The van der Waals surface area contributed by atoms with E-state index in [4.69, 9.17) is 21.3 Å². The first kappa shape index (κ1) is 21.8. The molecule has 1 aliphatic rings. The van der Waals surface area contributed by atoms with E-state index in [1.165, 1.54) is 0 Å². The zero-order chi connectivity index (χ0) is 21.8. The Morgan fingerprint density at radius 1 is 1.06 bits per heavy atom. The van der Waals surface area contributed by atoms with Crippen molar-refractivity contribution in [3.05, 3.63) is 70.0 Å². The Hall–Kier alpha value is -2.41. The summed E-state index contributed by atoms with van der Waals surface area (Å²) in [6.45, 7) is 7.45.